The van der Waals surface area contributed by atoms with E-state index in [1.165, 1.54) is 4.90 Å². The van der Waals surface area contributed by atoms with Crippen LogP contribution in [0.3, 0.4) is 0 Å². The molecule has 1 unspecified atom stereocenters. The van der Waals surface area contributed by atoms with E-state index < -0.39 is 11.9 Å². The number of para-hydroxylation sites is 1. The molecule has 2 amide bonds. The molecule has 112 valence electrons. The van der Waals surface area contributed by atoms with Crippen LogP contribution >= 0.6 is 0 Å². The number of fused-ring (bicyclic) bond motifs is 1. The van der Waals surface area contributed by atoms with Gasteiger partial charge in [0.1, 0.15) is 6.04 Å². The fourth-order valence-corrected chi connectivity index (χ4v) is 3.10. The van der Waals surface area contributed by atoms with E-state index in [0.29, 0.717) is 12.0 Å². The van der Waals surface area contributed by atoms with Crippen molar-refractivity contribution in [3.63, 3.8) is 0 Å². The molecule has 1 atom stereocenters. The predicted molar refractivity (Wildman–Crippen MR) is 85.9 cm³/mol. The van der Waals surface area contributed by atoms with Crippen molar-refractivity contribution in [2.75, 3.05) is 4.90 Å². The predicted octanol–water partition coefficient (Wildman–Crippen LogP) is 2.36. The molecule has 4 nitrogen and oxygen atoms in total. The van der Waals surface area contributed by atoms with Gasteiger partial charge in [0.2, 0.25) is 5.91 Å². The summed E-state index contributed by atoms with van der Waals surface area (Å²) in [5.41, 5.74) is 9.88. The fraction of sp³-hybridized carbons (Fsp3) is 0.222. The van der Waals surface area contributed by atoms with Crippen LogP contribution in [-0.4, -0.2) is 17.9 Å². The number of primary amides is 1. The number of carbonyl (C=O) groups excluding carboxylic acids is 2. The highest BCUT2D eigenvalue weighted by Gasteiger charge is 2.37. The van der Waals surface area contributed by atoms with Gasteiger partial charge in [-0.05, 0) is 37.6 Å². The molecule has 1 heterocycles. The molecule has 0 bridgehead atoms. The average molecular weight is 294 g/mol. The van der Waals surface area contributed by atoms with Crippen molar-refractivity contribution < 1.29 is 9.59 Å². The van der Waals surface area contributed by atoms with Gasteiger partial charge in [-0.2, -0.15) is 0 Å². The largest absolute Gasteiger partial charge is 0.368 e. The Bertz CT molecular complexity index is 747. The third-order valence-corrected chi connectivity index (χ3v) is 3.99. The molecule has 2 aromatic rings. The molecule has 0 saturated carbocycles. The van der Waals surface area contributed by atoms with E-state index in [1.807, 2.05) is 56.3 Å². The van der Waals surface area contributed by atoms with Crippen molar-refractivity contribution in [3.8, 4) is 0 Å². The monoisotopic (exact) mass is 294 g/mol. The number of anilines is 1. The van der Waals surface area contributed by atoms with Gasteiger partial charge in [0.15, 0.2) is 0 Å². The van der Waals surface area contributed by atoms with Crippen LogP contribution in [0.5, 0.6) is 0 Å². The van der Waals surface area contributed by atoms with Gasteiger partial charge >= 0.3 is 0 Å². The zero-order chi connectivity index (χ0) is 15.9. The Hall–Kier alpha value is -2.62. The van der Waals surface area contributed by atoms with E-state index in [2.05, 4.69) is 0 Å². The van der Waals surface area contributed by atoms with Gasteiger partial charge in [0.05, 0.1) is 0 Å². The van der Waals surface area contributed by atoms with E-state index in [9.17, 15) is 9.59 Å². The normalized spacial score (nSPS) is 16.5. The molecule has 4 heteroatoms. The van der Waals surface area contributed by atoms with Gasteiger partial charge in [0.25, 0.3) is 5.91 Å². The van der Waals surface area contributed by atoms with Gasteiger partial charge in [0, 0.05) is 17.7 Å². The van der Waals surface area contributed by atoms with Gasteiger partial charge in [-0.15, -0.1) is 0 Å². The molecule has 3 rings (SSSR count). The Morgan fingerprint density at radius 2 is 1.73 bits per heavy atom. The highest BCUT2D eigenvalue weighted by atomic mass is 16.2. The first kappa shape index (κ1) is 14.3. The van der Waals surface area contributed by atoms with Crippen LogP contribution in [-0.2, 0) is 11.2 Å². The number of aryl methyl sites for hydroxylation is 2. The average Bonchev–Trinajstić information content (AvgIpc) is 2.85. The summed E-state index contributed by atoms with van der Waals surface area (Å²) >= 11 is 0. The summed E-state index contributed by atoms with van der Waals surface area (Å²) in [6.45, 7) is 3.90. The van der Waals surface area contributed by atoms with E-state index in [4.69, 9.17) is 5.73 Å². The number of hydrogen-bond donors (Lipinski definition) is 1. The summed E-state index contributed by atoms with van der Waals surface area (Å²) in [6, 6.07) is 12.6. The van der Waals surface area contributed by atoms with Crippen molar-refractivity contribution >= 4 is 17.5 Å². The van der Waals surface area contributed by atoms with Crippen molar-refractivity contribution in [1.82, 2.24) is 0 Å². The van der Waals surface area contributed by atoms with Crippen LogP contribution in [0.25, 0.3) is 0 Å². The van der Waals surface area contributed by atoms with Crippen molar-refractivity contribution in [3.05, 3.63) is 64.7 Å². The van der Waals surface area contributed by atoms with Crippen LogP contribution in [0, 0.1) is 13.8 Å². The molecule has 0 saturated heterocycles. The summed E-state index contributed by atoms with van der Waals surface area (Å²) in [4.78, 5) is 26.3. The summed E-state index contributed by atoms with van der Waals surface area (Å²) in [7, 11) is 0. The zero-order valence-corrected chi connectivity index (χ0v) is 12.7. The lowest BCUT2D eigenvalue weighted by Gasteiger charge is -2.23. The first-order valence-corrected chi connectivity index (χ1v) is 7.26. The van der Waals surface area contributed by atoms with E-state index in [-0.39, 0.29) is 5.91 Å². The van der Waals surface area contributed by atoms with Crippen LogP contribution in [0.15, 0.2) is 42.5 Å². The number of nitrogens with two attached hydrogens (primary N) is 1. The Morgan fingerprint density at radius 1 is 1.09 bits per heavy atom. The standard InChI is InChI=1S/C18H18N2O2/c1-11-7-12(2)9-14(8-11)18(22)20-15-6-4-3-5-13(15)10-16(20)17(19)21/h3-9,16H,10H2,1-2H3,(H2,19,21). The Kier molecular flexibility index (Phi) is 3.45. The topological polar surface area (TPSA) is 63.4 Å². The van der Waals surface area contributed by atoms with Crippen molar-refractivity contribution in [2.45, 2.75) is 26.3 Å². The lowest BCUT2D eigenvalue weighted by Crippen LogP contribution is -2.46. The van der Waals surface area contributed by atoms with Crippen LogP contribution in [0.1, 0.15) is 27.0 Å². The van der Waals surface area contributed by atoms with E-state index in [1.54, 1.807) is 0 Å². The molecule has 0 spiro atoms. The third kappa shape index (κ3) is 2.37. The number of amides is 2. The second kappa shape index (κ2) is 5.30. The molecule has 1 aliphatic heterocycles. The minimum Gasteiger partial charge on any atom is -0.368 e. The molecular weight excluding hydrogens is 276 g/mol. The maximum atomic E-state index is 12.9. The van der Waals surface area contributed by atoms with Crippen LogP contribution in [0.2, 0.25) is 0 Å². The molecule has 1 aliphatic rings. The Labute approximate surface area is 129 Å². The van der Waals surface area contributed by atoms with Gasteiger partial charge < -0.3 is 5.73 Å². The zero-order valence-electron chi connectivity index (χ0n) is 12.7. The minimum atomic E-state index is -0.620. The van der Waals surface area contributed by atoms with Gasteiger partial charge in [-0.1, -0.05) is 35.4 Å². The van der Waals surface area contributed by atoms with Gasteiger partial charge in [-0.3, -0.25) is 14.5 Å². The summed E-state index contributed by atoms with van der Waals surface area (Å²) in [5, 5.41) is 0. The molecule has 0 aliphatic carbocycles. The maximum Gasteiger partial charge on any atom is 0.259 e. The molecule has 2 aromatic carbocycles. The SMILES string of the molecule is Cc1cc(C)cc(C(=O)N2c3ccccc3CC2C(N)=O)c1. The molecule has 2 N–H and O–H groups in total. The summed E-state index contributed by atoms with van der Waals surface area (Å²) < 4.78 is 0. The Balaban J connectivity index is 2.07. The van der Waals surface area contributed by atoms with Crippen LogP contribution in [0.4, 0.5) is 5.69 Å². The summed E-state index contributed by atoms with van der Waals surface area (Å²) in [6.07, 6.45) is 0.474. The molecule has 22 heavy (non-hydrogen) atoms. The lowest BCUT2D eigenvalue weighted by molar-refractivity contribution is -0.119. The number of benzene rings is 2. The number of nitrogens with zero attached hydrogens (tertiary/aromatic N) is 1. The Morgan fingerprint density at radius 3 is 2.36 bits per heavy atom. The molecule has 0 fully saturated rings. The second-order valence-electron chi connectivity index (χ2n) is 5.80. The first-order chi connectivity index (χ1) is 10.5. The van der Waals surface area contributed by atoms with Crippen molar-refractivity contribution in [1.29, 1.82) is 0 Å². The molecular formula is C18H18N2O2. The highest BCUT2D eigenvalue weighted by Crippen LogP contribution is 2.33. The number of rotatable bonds is 2. The third-order valence-electron chi connectivity index (χ3n) is 3.99. The smallest absolute Gasteiger partial charge is 0.259 e. The number of hydrogen-bond acceptors (Lipinski definition) is 2. The van der Waals surface area contributed by atoms with Gasteiger partial charge in [-0.25, -0.2) is 0 Å². The van der Waals surface area contributed by atoms with E-state index in [0.717, 1.165) is 22.4 Å². The second-order valence-corrected chi connectivity index (χ2v) is 5.80. The first-order valence-electron chi connectivity index (χ1n) is 7.26. The number of carbonyl (C=O) groups is 2. The highest BCUT2D eigenvalue weighted by molar-refractivity contribution is 6.11. The molecule has 0 aromatic heterocycles. The van der Waals surface area contributed by atoms with E-state index >= 15 is 0 Å². The minimum absolute atomic E-state index is 0.180. The molecule has 0 radical (unpaired) electrons. The lowest BCUT2D eigenvalue weighted by atomic mass is 10.1. The fourth-order valence-electron chi connectivity index (χ4n) is 3.10. The van der Waals surface area contributed by atoms with Crippen molar-refractivity contribution in [2.24, 2.45) is 5.73 Å². The summed E-state index contributed by atoms with van der Waals surface area (Å²) in [5.74, 6) is -0.658. The quantitative estimate of drug-likeness (QED) is 0.924. The van der Waals surface area contributed by atoms with Crippen LogP contribution < -0.4 is 10.6 Å². The maximum absolute atomic E-state index is 12.9.